The number of nitrogens with zero attached hydrogens (tertiary/aromatic N) is 4. The van der Waals surface area contributed by atoms with Crippen LogP contribution in [0.25, 0.3) is 0 Å². The van der Waals surface area contributed by atoms with Gasteiger partial charge in [0.25, 0.3) is 0 Å². The lowest BCUT2D eigenvalue weighted by Gasteiger charge is -2.43. The molecule has 1 N–H and O–H groups in total. The lowest BCUT2D eigenvalue weighted by molar-refractivity contribution is -0.141. The van der Waals surface area contributed by atoms with Crippen LogP contribution in [0.2, 0.25) is 5.15 Å². The van der Waals surface area contributed by atoms with Gasteiger partial charge in [0.1, 0.15) is 10.9 Å². The highest BCUT2D eigenvalue weighted by Crippen LogP contribution is 2.49. The molecule has 0 aliphatic carbocycles. The summed E-state index contributed by atoms with van der Waals surface area (Å²) in [5.41, 5.74) is 1.63. The summed E-state index contributed by atoms with van der Waals surface area (Å²) in [7, 11) is 1.68. The van der Waals surface area contributed by atoms with Crippen LogP contribution in [0.1, 0.15) is 79.0 Å². The van der Waals surface area contributed by atoms with Gasteiger partial charge in [-0.25, -0.2) is 9.99 Å². The van der Waals surface area contributed by atoms with Gasteiger partial charge in [-0.1, -0.05) is 23.7 Å². The second-order valence-electron chi connectivity index (χ2n) is 12.1. The molecule has 36 heavy (non-hydrogen) atoms. The van der Waals surface area contributed by atoms with Gasteiger partial charge < -0.3 is 19.5 Å². The molecule has 1 saturated heterocycles. The van der Waals surface area contributed by atoms with Crippen LogP contribution < -0.4 is 15.1 Å². The summed E-state index contributed by atoms with van der Waals surface area (Å²) in [6.07, 6.45) is 0.647. The zero-order valence-corrected chi connectivity index (χ0v) is 23.7. The molecular formula is C27H40ClN5O3. The van der Waals surface area contributed by atoms with Crippen molar-refractivity contribution in [2.45, 2.75) is 97.4 Å². The van der Waals surface area contributed by atoms with Crippen molar-refractivity contribution in [1.29, 1.82) is 0 Å². The number of methoxy groups -OCH3 is 1. The van der Waals surface area contributed by atoms with Crippen molar-refractivity contribution in [2.75, 3.05) is 24.0 Å². The zero-order valence-electron chi connectivity index (χ0n) is 23.0. The molecule has 1 aromatic heterocycles. The smallest absolute Gasteiger partial charge is 0.226 e. The standard InChI is InChI=1S/C27H40ClN5O3/c1-25(2,3)31-24-29-22(28)21-20(14-19-16-35-27(7,8)36-19)33(26(4,5)6)32(23(21)30-24)15-17-10-12-18(34-9)13-11-17/h10-13,19-20H,14-16H2,1-9H3,(H,29,30,31). The van der Waals surface area contributed by atoms with Gasteiger partial charge in [-0.3, -0.25) is 5.01 Å². The first-order valence-corrected chi connectivity index (χ1v) is 12.9. The third-order valence-electron chi connectivity index (χ3n) is 6.23. The summed E-state index contributed by atoms with van der Waals surface area (Å²) < 4.78 is 17.5. The van der Waals surface area contributed by atoms with Gasteiger partial charge in [-0.15, -0.1) is 0 Å². The van der Waals surface area contributed by atoms with Gasteiger partial charge in [0.05, 0.1) is 38.0 Å². The number of rotatable bonds is 6. The van der Waals surface area contributed by atoms with Gasteiger partial charge in [-0.2, -0.15) is 4.98 Å². The first kappa shape index (κ1) is 26.9. The summed E-state index contributed by atoms with van der Waals surface area (Å²) >= 11 is 6.93. The van der Waals surface area contributed by atoms with Crippen LogP contribution in [0.3, 0.4) is 0 Å². The molecule has 2 aliphatic rings. The van der Waals surface area contributed by atoms with Gasteiger partial charge in [0, 0.05) is 11.1 Å². The molecule has 2 aromatic rings. The molecule has 0 spiro atoms. The van der Waals surface area contributed by atoms with Crippen LogP contribution in [-0.4, -0.2) is 51.7 Å². The minimum absolute atomic E-state index is 0.0629. The van der Waals surface area contributed by atoms with Gasteiger partial charge >= 0.3 is 0 Å². The predicted molar refractivity (Wildman–Crippen MR) is 143 cm³/mol. The van der Waals surface area contributed by atoms with Crippen LogP contribution in [0.4, 0.5) is 11.8 Å². The zero-order chi connectivity index (χ0) is 26.5. The average molecular weight is 518 g/mol. The van der Waals surface area contributed by atoms with Crippen molar-refractivity contribution in [3.8, 4) is 5.75 Å². The number of ether oxygens (including phenoxy) is 3. The highest BCUT2D eigenvalue weighted by Gasteiger charge is 2.48. The summed E-state index contributed by atoms with van der Waals surface area (Å²) in [6.45, 7) is 17.9. The predicted octanol–water partition coefficient (Wildman–Crippen LogP) is 5.97. The molecule has 1 aromatic carbocycles. The van der Waals surface area contributed by atoms with Crippen molar-refractivity contribution in [3.05, 3.63) is 40.5 Å². The SMILES string of the molecule is COc1ccc(CN2c3nc(NC(C)(C)C)nc(Cl)c3C(CC3COC(C)(C)O3)N2C(C)(C)C)cc1. The number of benzene rings is 1. The number of nitrogens with one attached hydrogen (secondary N) is 1. The van der Waals surface area contributed by atoms with Crippen molar-refractivity contribution < 1.29 is 14.2 Å². The third-order valence-corrected chi connectivity index (χ3v) is 6.52. The van der Waals surface area contributed by atoms with E-state index in [0.717, 1.165) is 22.7 Å². The molecule has 0 amide bonds. The maximum absolute atomic E-state index is 6.93. The van der Waals surface area contributed by atoms with Crippen molar-refractivity contribution >= 4 is 23.4 Å². The van der Waals surface area contributed by atoms with E-state index in [1.807, 2.05) is 26.0 Å². The van der Waals surface area contributed by atoms with Crippen LogP contribution in [-0.2, 0) is 16.0 Å². The third kappa shape index (κ3) is 5.88. The maximum atomic E-state index is 6.93. The fourth-order valence-corrected chi connectivity index (χ4v) is 5.22. The van der Waals surface area contributed by atoms with E-state index in [-0.39, 0.29) is 23.2 Å². The number of fused-ring (bicyclic) bond motifs is 1. The van der Waals surface area contributed by atoms with Crippen molar-refractivity contribution in [3.63, 3.8) is 0 Å². The van der Waals surface area contributed by atoms with Crippen molar-refractivity contribution in [2.24, 2.45) is 0 Å². The highest BCUT2D eigenvalue weighted by molar-refractivity contribution is 6.30. The fraction of sp³-hybridized carbons (Fsp3) is 0.630. The van der Waals surface area contributed by atoms with Gasteiger partial charge in [0.2, 0.25) is 5.95 Å². The number of anilines is 2. The largest absolute Gasteiger partial charge is 0.497 e. The molecule has 2 atom stereocenters. The lowest BCUT2D eigenvalue weighted by atomic mass is 9.98. The topological polar surface area (TPSA) is 72.0 Å². The first-order chi connectivity index (χ1) is 16.7. The molecule has 2 aliphatic heterocycles. The minimum Gasteiger partial charge on any atom is -0.497 e. The van der Waals surface area contributed by atoms with Crippen molar-refractivity contribution in [1.82, 2.24) is 15.0 Å². The van der Waals surface area contributed by atoms with E-state index in [4.69, 9.17) is 30.8 Å². The van der Waals surface area contributed by atoms with Gasteiger partial charge in [0.15, 0.2) is 11.6 Å². The van der Waals surface area contributed by atoms with Crippen LogP contribution in [0.5, 0.6) is 5.75 Å². The Labute approximate surface area is 220 Å². The van der Waals surface area contributed by atoms with E-state index < -0.39 is 5.79 Å². The summed E-state index contributed by atoms with van der Waals surface area (Å²) in [6, 6.07) is 8.06. The molecule has 0 bridgehead atoms. The molecule has 0 radical (unpaired) electrons. The maximum Gasteiger partial charge on any atom is 0.226 e. The first-order valence-electron chi connectivity index (χ1n) is 12.5. The van der Waals surface area contributed by atoms with E-state index in [9.17, 15) is 0 Å². The molecule has 9 heteroatoms. The van der Waals surface area contributed by atoms with Crippen LogP contribution in [0.15, 0.2) is 24.3 Å². The number of aromatic nitrogens is 2. The Morgan fingerprint density at radius 3 is 2.31 bits per heavy atom. The Morgan fingerprint density at radius 2 is 1.78 bits per heavy atom. The number of hydrazine groups is 1. The number of hydrogen-bond donors (Lipinski definition) is 1. The monoisotopic (exact) mass is 517 g/mol. The Bertz CT molecular complexity index is 1080. The Hall–Kier alpha value is -2.13. The fourth-order valence-electron chi connectivity index (χ4n) is 4.93. The van der Waals surface area contributed by atoms with E-state index in [2.05, 4.69) is 74.0 Å². The summed E-state index contributed by atoms with van der Waals surface area (Å²) in [5.74, 6) is 1.56. The molecule has 8 nitrogen and oxygen atoms in total. The van der Waals surface area contributed by atoms with Crippen LogP contribution >= 0.6 is 11.6 Å². The molecule has 198 valence electrons. The van der Waals surface area contributed by atoms with Crippen LogP contribution in [0, 0.1) is 0 Å². The summed E-state index contributed by atoms with van der Waals surface area (Å²) in [4.78, 5) is 9.67. The Morgan fingerprint density at radius 1 is 1.11 bits per heavy atom. The minimum atomic E-state index is -0.595. The molecular weight excluding hydrogens is 478 g/mol. The molecule has 3 heterocycles. The second kappa shape index (κ2) is 9.63. The average Bonchev–Trinajstić information content (AvgIpc) is 3.24. The summed E-state index contributed by atoms with van der Waals surface area (Å²) in [5, 5.41) is 8.46. The Balaban J connectivity index is 1.79. The molecule has 1 fully saturated rings. The van der Waals surface area contributed by atoms with E-state index in [1.54, 1.807) is 7.11 Å². The van der Waals surface area contributed by atoms with E-state index in [0.29, 0.717) is 30.7 Å². The normalized spacial score (nSPS) is 22.1. The number of hydrogen-bond acceptors (Lipinski definition) is 8. The highest BCUT2D eigenvalue weighted by atomic mass is 35.5. The van der Waals surface area contributed by atoms with E-state index in [1.165, 1.54) is 0 Å². The quantitative estimate of drug-likeness (QED) is 0.470. The lowest BCUT2D eigenvalue weighted by Crippen LogP contribution is -2.51. The molecule has 0 saturated carbocycles. The molecule has 4 rings (SSSR count). The number of halogens is 1. The van der Waals surface area contributed by atoms with E-state index >= 15 is 0 Å². The Kier molecular flexibility index (Phi) is 7.20. The van der Waals surface area contributed by atoms with Gasteiger partial charge in [-0.05, 0) is 79.5 Å². The second-order valence-corrected chi connectivity index (χ2v) is 12.4. The molecule has 2 unspecified atom stereocenters.